The maximum absolute atomic E-state index is 12.4. The van der Waals surface area contributed by atoms with Crippen LogP contribution in [0.2, 0.25) is 0 Å². The van der Waals surface area contributed by atoms with Crippen LogP contribution in [-0.4, -0.2) is 30.0 Å². The number of carbonyl (C=O) groups is 2. The quantitative estimate of drug-likeness (QED) is 0.610. The number of nitrogens with one attached hydrogen (secondary N) is 2. The Morgan fingerprint density at radius 3 is 2.22 bits per heavy atom. The number of amides is 1. The fraction of sp³-hybridized carbons (Fsp3) is 0.381. The molecule has 0 bridgehead atoms. The lowest BCUT2D eigenvalue weighted by Crippen LogP contribution is -2.19. The van der Waals surface area contributed by atoms with Crippen LogP contribution in [0.5, 0.6) is 0 Å². The van der Waals surface area contributed by atoms with Crippen molar-refractivity contribution in [3.05, 3.63) is 53.7 Å². The van der Waals surface area contributed by atoms with Crippen molar-refractivity contribution >= 4 is 23.4 Å². The number of methoxy groups -OCH3 is 1. The van der Waals surface area contributed by atoms with Gasteiger partial charge in [0.05, 0.1) is 18.2 Å². The van der Waals surface area contributed by atoms with Gasteiger partial charge in [-0.3, -0.25) is 4.79 Å². The second-order valence-corrected chi connectivity index (χ2v) is 6.79. The van der Waals surface area contributed by atoms with Gasteiger partial charge in [-0.1, -0.05) is 25.7 Å². The highest BCUT2D eigenvalue weighted by Crippen LogP contribution is 2.20. The van der Waals surface area contributed by atoms with E-state index in [2.05, 4.69) is 20.4 Å². The molecule has 142 valence electrons. The molecule has 0 saturated heterocycles. The Labute approximate surface area is 159 Å². The number of aromatic nitrogens is 1. The van der Waals surface area contributed by atoms with E-state index < -0.39 is 5.97 Å². The van der Waals surface area contributed by atoms with Crippen molar-refractivity contribution in [2.45, 2.75) is 44.6 Å². The van der Waals surface area contributed by atoms with Crippen LogP contribution in [0, 0.1) is 0 Å². The summed E-state index contributed by atoms with van der Waals surface area (Å²) in [5.74, 6) is 0.157. The average Bonchev–Trinajstić information content (AvgIpc) is 2.97. The molecule has 27 heavy (non-hydrogen) atoms. The Hall–Kier alpha value is -2.89. The van der Waals surface area contributed by atoms with Crippen molar-refractivity contribution in [3.63, 3.8) is 0 Å². The van der Waals surface area contributed by atoms with Crippen LogP contribution in [0.4, 0.5) is 11.5 Å². The van der Waals surface area contributed by atoms with Gasteiger partial charge >= 0.3 is 5.97 Å². The summed E-state index contributed by atoms with van der Waals surface area (Å²) in [4.78, 5) is 28.2. The molecule has 1 aromatic heterocycles. The first-order chi connectivity index (χ1) is 13.2. The van der Waals surface area contributed by atoms with E-state index in [1.807, 2.05) is 6.07 Å². The molecule has 1 aliphatic rings. The number of esters is 1. The third-order valence-corrected chi connectivity index (χ3v) is 4.80. The van der Waals surface area contributed by atoms with Gasteiger partial charge in [0.15, 0.2) is 0 Å². The number of pyridine rings is 1. The molecule has 1 saturated carbocycles. The Morgan fingerprint density at radius 1 is 0.963 bits per heavy atom. The summed E-state index contributed by atoms with van der Waals surface area (Å²) in [7, 11) is 1.33. The van der Waals surface area contributed by atoms with Crippen LogP contribution in [0.15, 0.2) is 42.6 Å². The SMILES string of the molecule is COC(=O)c1ccc(NC(=O)c2ccc(NC3CCCCCC3)nc2)cc1. The topological polar surface area (TPSA) is 80.3 Å². The van der Waals surface area contributed by atoms with Gasteiger partial charge in [0.1, 0.15) is 5.82 Å². The molecule has 1 amide bonds. The Kier molecular flexibility index (Phi) is 6.41. The fourth-order valence-corrected chi connectivity index (χ4v) is 3.26. The first-order valence-corrected chi connectivity index (χ1v) is 9.38. The predicted octanol–water partition coefficient (Wildman–Crippen LogP) is 4.26. The zero-order valence-electron chi connectivity index (χ0n) is 15.5. The van der Waals surface area contributed by atoms with Gasteiger partial charge in [0, 0.05) is 17.9 Å². The highest BCUT2D eigenvalue weighted by Gasteiger charge is 2.13. The minimum atomic E-state index is -0.408. The van der Waals surface area contributed by atoms with E-state index in [1.54, 1.807) is 36.5 Å². The highest BCUT2D eigenvalue weighted by atomic mass is 16.5. The highest BCUT2D eigenvalue weighted by molar-refractivity contribution is 6.04. The molecule has 0 aliphatic heterocycles. The molecule has 1 aromatic carbocycles. The van der Waals surface area contributed by atoms with Gasteiger partial charge in [-0.25, -0.2) is 9.78 Å². The molecule has 1 fully saturated rings. The summed E-state index contributed by atoms with van der Waals surface area (Å²) < 4.78 is 4.66. The number of nitrogens with zero attached hydrogens (tertiary/aromatic N) is 1. The Balaban J connectivity index is 1.57. The molecule has 1 heterocycles. The van der Waals surface area contributed by atoms with E-state index >= 15 is 0 Å². The molecule has 2 aromatic rings. The average molecular weight is 367 g/mol. The lowest BCUT2D eigenvalue weighted by molar-refractivity contribution is 0.0600. The van der Waals surface area contributed by atoms with Crippen molar-refractivity contribution in [1.29, 1.82) is 0 Å². The number of benzene rings is 1. The van der Waals surface area contributed by atoms with E-state index in [4.69, 9.17) is 0 Å². The van der Waals surface area contributed by atoms with Crippen LogP contribution >= 0.6 is 0 Å². The van der Waals surface area contributed by atoms with Gasteiger partial charge < -0.3 is 15.4 Å². The first kappa shape index (κ1) is 18.9. The predicted molar refractivity (Wildman–Crippen MR) is 105 cm³/mol. The van der Waals surface area contributed by atoms with Gasteiger partial charge in [0.2, 0.25) is 0 Å². The molecule has 3 rings (SSSR count). The molecule has 0 unspecified atom stereocenters. The third-order valence-electron chi connectivity index (χ3n) is 4.80. The zero-order chi connectivity index (χ0) is 19.1. The first-order valence-electron chi connectivity index (χ1n) is 9.38. The van der Waals surface area contributed by atoms with Crippen LogP contribution in [0.1, 0.15) is 59.2 Å². The van der Waals surface area contributed by atoms with E-state index in [0.29, 0.717) is 22.9 Å². The largest absolute Gasteiger partial charge is 0.465 e. The maximum atomic E-state index is 12.4. The van der Waals surface area contributed by atoms with Crippen molar-refractivity contribution in [2.75, 3.05) is 17.7 Å². The fourth-order valence-electron chi connectivity index (χ4n) is 3.26. The second kappa shape index (κ2) is 9.16. The molecule has 0 spiro atoms. The van der Waals surface area contributed by atoms with E-state index in [1.165, 1.54) is 45.6 Å². The van der Waals surface area contributed by atoms with Crippen LogP contribution in [0.25, 0.3) is 0 Å². The standard InChI is InChI=1S/C21H25N3O3/c1-27-21(26)15-8-11-18(12-9-15)24-20(25)16-10-13-19(22-14-16)23-17-6-4-2-3-5-7-17/h8-14,17H,2-7H2,1H3,(H,22,23)(H,24,25). The Bertz CT molecular complexity index is 764. The molecule has 0 radical (unpaired) electrons. The lowest BCUT2D eigenvalue weighted by atomic mass is 10.1. The van der Waals surface area contributed by atoms with Crippen molar-refractivity contribution < 1.29 is 14.3 Å². The summed E-state index contributed by atoms with van der Waals surface area (Å²) in [6.07, 6.45) is 9.06. The van der Waals surface area contributed by atoms with E-state index in [9.17, 15) is 9.59 Å². The summed E-state index contributed by atoms with van der Waals surface area (Å²) in [6, 6.07) is 10.6. The molecular weight excluding hydrogens is 342 g/mol. The number of hydrogen-bond donors (Lipinski definition) is 2. The van der Waals surface area contributed by atoms with Crippen molar-refractivity contribution in [1.82, 2.24) is 4.98 Å². The number of hydrogen-bond acceptors (Lipinski definition) is 5. The molecule has 1 aliphatic carbocycles. The summed E-state index contributed by atoms with van der Waals surface area (Å²) in [5.41, 5.74) is 1.53. The number of anilines is 2. The van der Waals surface area contributed by atoms with E-state index in [0.717, 1.165) is 5.82 Å². The molecule has 0 atom stereocenters. The minimum Gasteiger partial charge on any atom is -0.465 e. The van der Waals surface area contributed by atoms with Gasteiger partial charge in [0.25, 0.3) is 5.91 Å². The number of carbonyl (C=O) groups excluding carboxylic acids is 2. The van der Waals surface area contributed by atoms with E-state index in [-0.39, 0.29) is 5.91 Å². The summed E-state index contributed by atoms with van der Waals surface area (Å²) in [6.45, 7) is 0. The van der Waals surface area contributed by atoms with Crippen molar-refractivity contribution in [2.24, 2.45) is 0 Å². The van der Waals surface area contributed by atoms with Gasteiger partial charge in [-0.05, 0) is 49.2 Å². The number of ether oxygens (including phenoxy) is 1. The molecule has 2 N–H and O–H groups in total. The lowest BCUT2D eigenvalue weighted by Gasteiger charge is -2.16. The van der Waals surface area contributed by atoms with Crippen molar-refractivity contribution in [3.8, 4) is 0 Å². The van der Waals surface area contributed by atoms with Crippen LogP contribution in [-0.2, 0) is 4.74 Å². The molecule has 6 heteroatoms. The van der Waals surface area contributed by atoms with Gasteiger partial charge in [-0.15, -0.1) is 0 Å². The minimum absolute atomic E-state index is 0.241. The third kappa shape index (κ3) is 5.29. The van der Waals surface area contributed by atoms with Crippen LogP contribution < -0.4 is 10.6 Å². The van der Waals surface area contributed by atoms with Gasteiger partial charge in [-0.2, -0.15) is 0 Å². The molecular formula is C21H25N3O3. The second-order valence-electron chi connectivity index (χ2n) is 6.79. The zero-order valence-corrected chi connectivity index (χ0v) is 15.5. The monoisotopic (exact) mass is 367 g/mol. The normalized spacial score (nSPS) is 14.9. The summed E-state index contributed by atoms with van der Waals surface area (Å²) >= 11 is 0. The Morgan fingerprint density at radius 2 is 1.63 bits per heavy atom. The maximum Gasteiger partial charge on any atom is 0.337 e. The molecule has 6 nitrogen and oxygen atoms in total. The number of rotatable bonds is 5. The smallest absolute Gasteiger partial charge is 0.337 e. The summed E-state index contributed by atoms with van der Waals surface area (Å²) in [5, 5.41) is 6.27. The van der Waals surface area contributed by atoms with Crippen LogP contribution in [0.3, 0.4) is 0 Å².